The van der Waals surface area contributed by atoms with Gasteiger partial charge in [0.25, 0.3) is 5.91 Å². The van der Waals surface area contributed by atoms with E-state index < -0.39 is 0 Å². The zero-order chi connectivity index (χ0) is 14.8. The number of carbonyl (C=O) groups excluding carboxylic acids is 1. The normalized spacial score (nSPS) is 10.8. The molecule has 1 amide bonds. The minimum atomic E-state index is -0.235. The van der Waals surface area contributed by atoms with E-state index in [1.165, 1.54) is 6.07 Å². The third-order valence-electron chi connectivity index (χ3n) is 3.51. The molecule has 0 unspecified atom stereocenters. The second-order valence-corrected chi connectivity index (χ2v) is 5.01. The number of carbonyl (C=O) groups is 1. The molecule has 0 aliphatic carbocycles. The van der Waals surface area contributed by atoms with Gasteiger partial charge in [0.1, 0.15) is 5.82 Å². The number of hydrogen-bond acceptors (Lipinski definition) is 1. The average Bonchev–Trinajstić information content (AvgIpc) is 2.92. The van der Waals surface area contributed by atoms with Crippen LogP contribution in [-0.2, 0) is 6.54 Å². The number of benzene rings is 2. The van der Waals surface area contributed by atoms with Crippen LogP contribution in [0.3, 0.4) is 0 Å². The predicted octanol–water partition coefficient (Wildman–Crippen LogP) is 3.55. The van der Waals surface area contributed by atoms with E-state index in [-0.39, 0.29) is 11.7 Å². The van der Waals surface area contributed by atoms with Crippen molar-refractivity contribution in [2.24, 2.45) is 0 Å². The summed E-state index contributed by atoms with van der Waals surface area (Å²) in [5.41, 5.74) is 3.00. The first-order valence-electron chi connectivity index (χ1n) is 6.74. The molecule has 106 valence electrons. The van der Waals surface area contributed by atoms with E-state index >= 15 is 0 Å². The highest BCUT2D eigenvalue weighted by Crippen LogP contribution is 2.17. The molecule has 0 saturated carbocycles. The minimum Gasteiger partial charge on any atom is -0.360 e. The Bertz CT molecular complexity index is 807. The van der Waals surface area contributed by atoms with Gasteiger partial charge in [-0.15, -0.1) is 0 Å². The highest BCUT2D eigenvalue weighted by molar-refractivity contribution is 6.06. The topological polar surface area (TPSA) is 44.9 Å². The van der Waals surface area contributed by atoms with Gasteiger partial charge in [-0.2, -0.15) is 0 Å². The lowest BCUT2D eigenvalue weighted by molar-refractivity contribution is 0.0952. The number of aryl methyl sites for hydroxylation is 1. The second kappa shape index (κ2) is 5.40. The Morgan fingerprint density at radius 1 is 1.24 bits per heavy atom. The standard InChI is InChI=1S/C17H15FN2O/c1-11-8-12(6-7-15(11)18)9-20-17(21)14-10-19-16-5-3-2-4-13(14)16/h2-8,10,19H,9H2,1H3,(H,20,21). The van der Waals surface area contributed by atoms with Gasteiger partial charge in [-0.3, -0.25) is 4.79 Å². The highest BCUT2D eigenvalue weighted by Gasteiger charge is 2.11. The molecule has 2 aromatic carbocycles. The largest absolute Gasteiger partial charge is 0.360 e. The number of fused-ring (bicyclic) bond motifs is 1. The zero-order valence-corrected chi connectivity index (χ0v) is 11.6. The number of hydrogen-bond donors (Lipinski definition) is 2. The van der Waals surface area contributed by atoms with E-state index in [9.17, 15) is 9.18 Å². The Balaban J connectivity index is 1.76. The summed E-state index contributed by atoms with van der Waals surface area (Å²) in [5.74, 6) is -0.379. The van der Waals surface area contributed by atoms with Crippen LogP contribution < -0.4 is 5.32 Å². The van der Waals surface area contributed by atoms with Crippen molar-refractivity contribution in [3.05, 3.63) is 71.2 Å². The van der Waals surface area contributed by atoms with Crippen molar-refractivity contribution in [2.45, 2.75) is 13.5 Å². The van der Waals surface area contributed by atoms with Gasteiger partial charge in [0.05, 0.1) is 5.56 Å². The first-order chi connectivity index (χ1) is 10.1. The fourth-order valence-corrected chi connectivity index (χ4v) is 2.35. The Kier molecular flexibility index (Phi) is 3.44. The molecule has 0 fully saturated rings. The van der Waals surface area contributed by atoms with Crippen molar-refractivity contribution in [1.29, 1.82) is 0 Å². The summed E-state index contributed by atoms with van der Waals surface area (Å²) in [6, 6.07) is 12.5. The van der Waals surface area contributed by atoms with E-state index in [1.807, 2.05) is 24.3 Å². The van der Waals surface area contributed by atoms with Gasteiger partial charge >= 0.3 is 0 Å². The summed E-state index contributed by atoms with van der Waals surface area (Å²) in [5, 5.41) is 3.75. The number of para-hydroxylation sites is 1. The number of nitrogens with one attached hydrogen (secondary N) is 2. The molecule has 0 radical (unpaired) electrons. The van der Waals surface area contributed by atoms with Gasteiger partial charge in [-0.1, -0.05) is 30.3 Å². The molecule has 1 aromatic heterocycles. The maximum absolute atomic E-state index is 13.2. The molecule has 0 saturated heterocycles. The maximum Gasteiger partial charge on any atom is 0.253 e. The summed E-state index contributed by atoms with van der Waals surface area (Å²) in [4.78, 5) is 15.3. The number of aromatic nitrogens is 1. The van der Waals surface area contributed by atoms with E-state index in [2.05, 4.69) is 10.3 Å². The quantitative estimate of drug-likeness (QED) is 0.758. The van der Waals surface area contributed by atoms with Crippen LogP contribution in [0.2, 0.25) is 0 Å². The highest BCUT2D eigenvalue weighted by atomic mass is 19.1. The van der Waals surface area contributed by atoms with Crippen molar-refractivity contribution in [3.63, 3.8) is 0 Å². The van der Waals surface area contributed by atoms with E-state index in [0.29, 0.717) is 17.7 Å². The summed E-state index contributed by atoms with van der Waals surface area (Å²) in [6.45, 7) is 2.08. The first kappa shape index (κ1) is 13.4. The fourth-order valence-electron chi connectivity index (χ4n) is 2.35. The Labute approximate surface area is 121 Å². The third-order valence-corrected chi connectivity index (χ3v) is 3.51. The van der Waals surface area contributed by atoms with Crippen LogP contribution in [0, 0.1) is 12.7 Å². The van der Waals surface area contributed by atoms with Crippen molar-refractivity contribution in [2.75, 3.05) is 0 Å². The summed E-state index contributed by atoms with van der Waals surface area (Å²) in [7, 11) is 0. The Morgan fingerprint density at radius 3 is 2.86 bits per heavy atom. The number of aromatic amines is 1. The van der Waals surface area contributed by atoms with E-state index in [4.69, 9.17) is 0 Å². The number of halogens is 1. The number of amides is 1. The predicted molar refractivity (Wildman–Crippen MR) is 80.6 cm³/mol. The average molecular weight is 282 g/mol. The molecule has 0 bridgehead atoms. The fraction of sp³-hybridized carbons (Fsp3) is 0.118. The van der Waals surface area contributed by atoms with Crippen molar-refractivity contribution in [3.8, 4) is 0 Å². The van der Waals surface area contributed by atoms with Gasteiger partial charge in [-0.05, 0) is 30.2 Å². The Morgan fingerprint density at radius 2 is 2.05 bits per heavy atom. The summed E-state index contributed by atoms with van der Waals surface area (Å²) < 4.78 is 13.2. The smallest absolute Gasteiger partial charge is 0.253 e. The van der Waals surface area contributed by atoms with Gasteiger partial charge in [0, 0.05) is 23.6 Å². The van der Waals surface area contributed by atoms with E-state index in [0.717, 1.165) is 16.5 Å². The molecule has 0 aliphatic heterocycles. The molecule has 0 spiro atoms. The van der Waals surface area contributed by atoms with Gasteiger partial charge in [0.2, 0.25) is 0 Å². The maximum atomic E-state index is 13.2. The molecule has 0 aliphatic rings. The van der Waals surface area contributed by atoms with Gasteiger partial charge in [-0.25, -0.2) is 4.39 Å². The molecule has 4 heteroatoms. The van der Waals surface area contributed by atoms with Crippen LogP contribution >= 0.6 is 0 Å². The number of H-pyrrole nitrogens is 1. The molecule has 0 atom stereocenters. The van der Waals surface area contributed by atoms with Gasteiger partial charge in [0.15, 0.2) is 0 Å². The molecule has 1 heterocycles. The van der Waals surface area contributed by atoms with Crippen LogP contribution in [0.1, 0.15) is 21.5 Å². The van der Waals surface area contributed by atoms with Crippen molar-refractivity contribution < 1.29 is 9.18 Å². The minimum absolute atomic E-state index is 0.144. The molecule has 2 N–H and O–H groups in total. The van der Waals surface area contributed by atoms with Crippen LogP contribution in [0.5, 0.6) is 0 Å². The monoisotopic (exact) mass is 282 g/mol. The number of rotatable bonds is 3. The molecular formula is C17H15FN2O. The lowest BCUT2D eigenvalue weighted by Gasteiger charge is -2.06. The summed E-state index contributed by atoms with van der Waals surface area (Å²) >= 11 is 0. The van der Waals surface area contributed by atoms with Crippen molar-refractivity contribution >= 4 is 16.8 Å². The molecule has 3 rings (SSSR count). The van der Waals surface area contributed by atoms with Crippen LogP contribution in [-0.4, -0.2) is 10.9 Å². The van der Waals surface area contributed by atoms with Crippen LogP contribution in [0.4, 0.5) is 4.39 Å². The van der Waals surface area contributed by atoms with Gasteiger partial charge < -0.3 is 10.3 Å². The molecular weight excluding hydrogens is 267 g/mol. The van der Waals surface area contributed by atoms with Crippen LogP contribution in [0.15, 0.2) is 48.7 Å². The first-order valence-corrected chi connectivity index (χ1v) is 6.74. The lowest BCUT2D eigenvalue weighted by atomic mass is 10.1. The third kappa shape index (κ3) is 2.65. The molecule has 21 heavy (non-hydrogen) atoms. The second-order valence-electron chi connectivity index (χ2n) is 5.01. The molecule has 3 aromatic rings. The van der Waals surface area contributed by atoms with E-state index in [1.54, 1.807) is 25.3 Å². The molecule has 3 nitrogen and oxygen atoms in total. The Hall–Kier alpha value is -2.62. The SMILES string of the molecule is Cc1cc(CNC(=O)c2c[nH]c3ccccc23)ccc1F. The summed E-state index contributed by atoms with van der Waals surface area (Å²) in [6.07, 6.45) is 1.70. The lowest BCUT2D eigenvalue weighted by Crippen LogP contribution is -2.22. The van der Waals surface area contributed by atoms with Crippen LogP contribution in [0.25, 0.3) is 10.9 Å². The zero-order valence-electron chi connectivity index (χ0n) is 11.6. The van der Waals surface area contributed by atoms with Crippen molar-refractivity contribution in [1.82, 2.24) is 10.3 Å².